The molecule has 1 N–H and O–H groups in total. The Hall–Kier alpha value is -1.27. The van der Waals surface area contributed by atoms with Crippen LogP contribution in [0.5, 0.6) is 0 Å². The van der Waals surface area contributed by atoms with Gasteiger partial charge in [0.2, 0.25) is 5.91 Å². The summed E-state index contributed by atoms with van der Waals surface area (Å²) < 4.78 is 0.758. The number of carbonyl (C=O) groups excluding carboxylic acids is 1. The lowest BCUT2D eigenvalue weighted by atomic mass is 10.2. The van der Waals surface area contributed by atoms with E-state index in [1.54, 1.807) is 0 Å². The molecule has 0 saturated carbocycles. The van der Waals surface area contributed by atoms with Crippen LogP contribution >= 0.6 is 27.3 Å². The van der Waals surface area contributed by atoms with Crippen LogP contribution in [0.2, 0.25) is 0 Å². The molecule has 82 valence electrons. The van der Waals surface area contributed by atoms with Gasteiger partial charge in [-0.15, -0.1) is 10.2 Å². The van der Waals surface area contributed by atoms with E-state index in [0.717, 1.165) is 20.2 Å². The summed E-state index contributed by atoms with van der Waals surface area (Å²) >= 11 is 4.73. The maximum Gasteiger partial charge on any atom is 0.221 e. The third kappa shape index (κ3) is 2.65. The summed E-state index contributed by atoms with van der Waals surface area (Å²) in [4.78, 5) is 10.8. The van der Waals surface area contributed by atoms with Gasteiger partial charge in [0, 0.05) is 18.2 Å². The summed E-state index contributed by atoms with van der Waals surface area (Å²) in [5, 5.41) is 11.4. The van der Waals surface area contributed by atoms with Crippen LogP contribution in [0, 0.1) is 0 Å². The number of anilines is 1. The Morgan fingerprint density at radius 3 is 2.50 bits per heavy atom. The molecule has 1 aromatic heterocycles. The Balaban J connectivity index is 2.22. The number of nitrogens with zero attached hydrogens (tertiary/aromatic N) is 2. The van der Waals surface area contributed by atoms with E-state index in [9.17, 15) is 4.79 Å². The standard InChI is InChI=1S/C10H8BrN3OS/c1-6(15)12-8-4-2-7(3-5-8)9-13-14-10(11)16-9/h2-5H,1H3,(H,12,15). The van der Waals surface area contributed by atoms with Crippen molar-refractivity contribution in [3.63, 3.8) is 0 Å². The summed E-state index contributed by atoms with van der Waals surface area (Å²) in [6.45, 7) is 1.48. The van der Waals surface area contributed by atoms with E-state index in [2.05, 4.69) is 31.4 Å². The Labute approximate surface area is 105 Å². The molecule has 1 heterocycles. The van der Waals surface area contributed by atoms with Gasteiger partial charge >= 0.3 is 0 Å². The highest BCUT2D eigenvalue weighted by molar-refractivity contribution is 9.11. The van der Waals surface area contributed by atoms with Crippen LogP contribution in [0.15, 0.2) is 28.2 Å². The van der Waals surface area contributed by atoms with Crippen molar-refractivity contribution in [1.29, 1.82) is 0 Å². The van der Waals surface area contributed by atoms with Crippen molar-refractivity contribution < 1.29 is 4.79 Å². The number of hydrogen-bond acceptors (Lipinski definition) is 4. The molecular formula is C10H8BrN3OS. The molecule has 0 aliphatic heterocycles. The second kappa shape index (κ2) is 4.71. The molecule has 1 amide bonds. The monoisotopic (exact) mass is 297 g/mol. The predicted octanol–water partition coefficient (Wildman–Crippen LogP) is 2.93. The first kappa shape index (κ1) is 11.2. The summed E-state index contributed by atoms with van der Waals surface area (Å²) in [6, 6.07) is 7.48. The first-order valence-electron chi connectivity index (χ1n) is 4.52. The van der Waals surface area contributed by atoms with Crippen LogP contribution in [0.1, 0.15) is 6.92 Å². The van der Waals surface area contributed by atoms with E-state index >= 15 is 0 Å². The highest BCUT2D eigenvalue weighted by Crippen LogP contribution is 2.27. The molecule has 0 aliphatic carbocycles. The van der Waals surface area contributed by atoms with Crippen LogP contribution in [-0.4, -0.2) is 16.1 Å². The fourth-order valence-electron chi connectivity index (χ4n) is 1.22. The minimum atomic E-state index is -0.0774. The van der Waals surface area contributed by atoms with Crippen LogP contribution in [0.4, 0.5) is 5.69 Å². The van der Waals surface area contributed by atoms with Crippen molar-refractivity contribution >= 4 is 38.9 Å². The number of nitrogens with one attached hydrogen (secondary N) is 1. The molecule has 0 atom stereocenters. The smallest absolute Gasteiger partial charge is 0.221 e. The topological polar surface area (TPSA) is 54.9 Å². The summed E-state index contributed by atoms with van der Waals surface area (Å²) in [6.07, 6.45) is 0. The van der Waals surface area contributed by atoms with E-state index < -0.39 is 0 Å². The number of halogens is 1. The molecule has 0 bridgehead atoms. The summed E-state index contributed by atoms with van der Waals surface area (Å²) in [5.41, 5.74) is 1.76. The van der Waals surface area contributed by atoms with Crippen molar-refractivity contribution in [2.45, 2.75) is 6.92 Å². The quantitative estimate of drug-likeness (QED) is 0.927. The molecule has 0 fully saturated rings. The summed E-state index contributed by atoms with van der Waals surface area (Å²) in [7, 11) is 0. The molecule has 0 radical (unpaired) electrons. The zero-order valence-corrected chi connectivity index (χ0v) is 10.8. The van der Waals surface area contributed by atoms with Crippen LogP contribution in [0.25, 0.3) is 10.6 Å². The van der Waals surface area contributed by atoms with Crippen molar-refractivity contribution in [3.8, 4) is 10.6 Å². The van der Waals surface area contributed by atoms with Gasteiger partial charge in [0.1, 0.15) is 5.01 Å². The molecule has 0 spiro atoms. The molecule has 16 heavy (non-hydrogen) atoms. The molecule has 1 aromatic carbocycles. The number of carbonyl (C=O) groups is 1. The molecule has 0 unspecified atom stereocenters. The average molecular weight is 298 g/mol. The Morgan fingerprint density at radius 2 is 2.00 bits per heavy atom. The number of amides is 1. The molecule has 2 aromatic rings. The van der Waals surface area contributed by atoms with Crippen LogP contribution < -0.4 is 5.32 Å². The van der Waals surface area contributed by atoms with Crippen molar-refractivity contribution in [2.24, 2.45) is 0 Å². The van der Waals surface area contributed by atoms with Gasteiger partial charge in [0.15, 0.2) is 3.92 Å². The van der Waals surface area contributed by atoms with Gasteiger partial charge in [0.25, 0.3) is 0 Å². The lowest BCUT2D eigenvalue weighted by Crippen LogP contribution is -2.05. The highest BCUT2D eigenvalue weighted by atomic mass is 79.9. The van der Waals surface area contributed by atoms with Crippen molar-refractivity contribution in [1.82, 2.24) is 10.2 Å². The van der Waals surface area contributed by atoms with E-state index in [1.165, 1.54) is 18.3 Å². The third-order valence-electron chi connectivity index (χ3n) is 1.85. The second-order valence-corrected chi connectivity index (χ2v) is 5.37. The van der Waals surface area contributed by atoms with E-state index in [4.69, 9.17) is 0 Å². The summed E-state index contributed by atoms with van der Waals surface area (Å²) in [5.74, 6) is -0.0774. The number of benzene rings is 1. The first-order chi connectivity index (χ1) is 7.65. The highest BCUT2D eigenvalue weighted by Gasteiger charge is 2.04. The van der Waals surface area contributed by atoms with E-state index in [1.807, 2.05) is 24.3 Å². The van der Waals surface area contributed by atoms with Gasteiger partial charge in [-0.05, 0) is 40.2 Å². The normalized spacial score (nSPS) is 10.1. The SMILES string of the molecule is CC(=O)Nc1ccc(-c2nnc(Br)s2)cc1. The maximum atomic E-state index is 10.8. The first-order valence-corrected chi connectivity index (χ1v) is 6.13. The van der Waals surface area contributed by atoms with E-state index in [-0.39, 0.29) is 5.91 Å². The molecule has 2 rings (SSSR count). The zero-order chi connectivity index (χ0) is 11.5. The average Bonchev–Trinajstić information content (AvgIpc) is 2.65. The second-order valence-electron chi connectivity index (χ2n) is 3.12. The van der Waals surface area contributed by atoms with Gasteiger partial charge in [-0.2, -0.15) is 0 Å². The third-order valence-corrected chi connectivity index (χ3v) is 3.26. The van der Waals surface area contributed by atoms with Crippen LogP contribution in [0.3, 0.4) is 0 Å². The number of hydrogen-bond donors (Lipinski definition) is 1. The Kier molecular flexibility index (Phi) is 3.31. The fourth-order valence-corrected chi connectivity index (χ4v) is 2.34. The van der Waals surface area contributed by atoms with Gasteiger partial charge in [-0.25, -0.2) is 0 Å². The molecule has 4 nitrogen and oxygen atoms in total. The lowest BCUT2D eigenvalue weighted by molar-refractivity contribution is -0.114. The van der Waals surface area contributed by atoms with Gasteiger partial charge in [-0.3, -0.25) is 4.79 Å². The minimum Gasteiger partial charge on any atom is -0.326 e. The van der Waals surface area contributed by atoms with Crippen LogP contribution in [-0.2, 0) is 4.79 Å². The number of aromatic nitrogens is 2. The molecule has 0 aliphatic rings. The number of rotatable bonds is 2. The molecule has 0 saturated heterocycles. The van der Waals surface area contributed by atoms with Gasteiger partial charge in [-0.1, -0.05) is 11.3 Å². The molecular weight excluding hydrogens is 290 g/mol. The van der Waals surface area contributed by atoms with Crippen molar-refractivity contribution in [2.75, 3.05) is 5.32 Å². The largest absolute Gasteiger partial charge is 0.326 e. The maximum absolute atomic E-state index is 10.8. The lowest BCUT2D eigenvalue weighted by Gasteiger charge is -2.01. The van der Waals surface area contributed by atoms with E-state index in [0.29, 0.717) is 0 Å². The zero-order valence-electron chi connectivity index (χ0n) is 8.40. The van der Waals surface area contributed by atoms with Crippen molar-refractivity contribution in [3.05, 3.63) is 28.2 Å². The van der Waals surface area contributed by atoms with Gasteiger partial charge < -0.3 is 5.32 Å². The Bertz CT molecular complexity index is 509. The minimum absolute atomic E-state index is 0.0774. The predicted molar refractivity (Wildman–Crippen MR) is 67.3 cm³/mol. The fraction of sp³-hybridized carbons (Fsp3) is 0.100. The molecule has 6 heteroatoms. The van der Waals surface area contributed by atoms with Gasteiger partial charge in [0.05, 0.1) is 0 Å². The Morgan fingerprint density at radius 1 is 1.31 bits per heavy atom.